The second kappa shape index (κ2) is 68.1. The van der Waals surface area contributed by atoms with Crippen LogP contribution in [0.1, 0.15) is 412 Å². The summed E-state index contributed by atoms with van der Waals surface area (Å²) in [7, 11) is 0. The van der Waals surface area contributed by atoms with Crippen LogP contribution in [0.3, 0.4) is 0 Å². The van der Waals surface area contributed by atoms with Gasteiger partial charge in [-0.15, -0.1) is 0 Å². The zero-order valence-corrected chi connectivity index (χ0v) is 53.2. The Hall–Kier alpha value is -1.40. The highest BCUT2D eigenvalue weighted by atomic mass is 16.5. The maximum Gasteiger partial charge on any atom is 0.305 e. The number of amides is 1. The number of nitrogens with one attached hydrogen (secondary N) is 1. The van der Waals surface area contributed by atoms with Crippen LogP contribution < -0.4 is 5.32 Å². The Morgan fingerprint density at radius 2 is 0.603 bits per heavy atom. The number of esters is 1. The number of hydrogen-bond donors (Lipinski definition) is 3. The van der Waals surface area contributed by atoms with Gasteiger partial charge < -0.3 is 20.3 Å². The van der Waals surface area contributed by atoms with Gasteiger partial charge in [-0.25, -0.2) is 0 Å². The van der Waals surface area contributed by atoms with Gasteiger partial charge in [0.05, 0.1) is 25.4 Å². The number of aliphatic hydroxyl groups is 2. The van der Waals surface area contributed by atoms with Crippen molar-refractivity contribution in [2.24, 2.45) is 0 Å². The Morgan fingerprint density at radius 3 is 0.910 bits per heavy atom. The molecule has 0 saturated carbocycles. The summed E-state index contributed by atoms with van der Waals surface area (Å²) in [6, 6.07) is -0.542. The van der Waals surface area contributed by atoms with E-state index >= 15 is 0 Å². The number of ether oxygens (including phenoxy) is 1. The third-order valence-electron chi connectivity index (χ3n) is 17.1. The average Bonchev–Trinajstić information content (AvgIpc) is 3.44. The average molecular weight is 1100 g/mol. The van der Waals surface area contributed by atoms with E-state index < -0.39 is 12.1 Å². The van der Waals surface area contributed by atoms with Crippen LogP contribution in [-0.4, -0.2) is 47.4 Å². The van der Waals surface area contributed by atoms with E-state index in [1.54, 1.807) is 0 Å². The summed E-state index contributed by atoms with van der Waals surface area (Å²) in [5, 5.41) is 23.4. The quantitative estimate of drug-likeness (QED) is 0.0320. The highest BCUT2D eigenvalue weighted by Gasteiger charge is 2.20. The molecule has 0 heterocycles. The molecule has 0 bridgehead atoms. The number of rotatable bonds is 68. The first-order chi connectivity index (χ1) is 38.5. The van der Waals surface area contributed by atoms with E-state index in [0.29, 0.717) is 25.9 Å². The SMILES string of the molecule is CCCCCCCC/C=C\CCCCCCCCCC(=O)OCCCCCCCCCCCCCCCCCCCCCCCCCC(=O)NC(CO)C(O)CCCCCCCCCCCCCCCCCCCCCCC. The van der Waals surface area contributed by atoms with Crippen LogP contribution >= 0.6 is 0 Å². The van der Waals surface area contributed by atoms with Crippen LogP contribution in [0, 0.1) is 0 Å². The Morgan fingerprint density at radius 1 is 0.346 bits per heavy atom. The molecule has 0 aliphatic heterocycles. The summed E-state index contributed by atoms with van der Waals surface area (Å²) in [6.45, 7) is 4.99. The summed E-state index contributed by atoms with van der Waals surface area (Å²) in [5.74, 6) is -0.0170. The van der Waals surface area contributed by atoms with Gasteiger partial charge in [0.1, 0.15) is 0 Å². The molecular formula is C72H141NO5. The Kier molecular flexibility index (Phi) is 66.9. The number of allylic oxidation sites excluding steroid dienone is 2. The van der Waals surface area contributed by atoms with Crippen molar-refractivity contribution in [2.75, 3.05) is 13.2 Å². The Bertz CT molecular complexity index is 1180. The van der Waals surface area contributed by atoms with Crippen LogP contribution in [-0.2, 0) is 14.3 Å². The second-order valence-electron chi connectivity index (χ2n) is 24.9. The summed E-state index contributed by atoms with van der Waals surface area (Å²) in [5.41, 5.74) is 0. The summed E-state index contributed by atoms with van der Waals surface area (Å²) >= 11 is 0. The van der Waals surface area contributed by atoms with Crippen LogP contribution in [0.5, 0.6) is 0 Å². The van der Waals surface area contributed by atoms with E-state index in [-0.39, 0.29) is 18.5 Å². The number of carbonyl (C=O) groups is 2. The molecule has 0 aromatic heterocycles. The number of carbonyl (C=O) groups excluding carboxylic acids is 2. The molecule has 2 unspecified atom stereocenters. The normalized spacial score (nSPS) is 12.5. The van der Waals surface area contributed by atoms with Crippen molar-refractivity contribution >= 4 is 11.9 Å². The standard InChI is InChI=1S/C72H141NO5/c1-3-5-7-9-11-13-15-17-19-21-22-26-29-33-36-40-44-48-52-56-60-64-70(75)69(68-74)73-71(76)65-61-57-53-49-45-41-37-34-30-27-24-23-25-28-31-35-39-43-47-51-55-59-63-67-78-72(77)66-62-58-54-50-46-42-38-32-20-18-16-14-12-10-8-6-4-2/h18,20,69-70,74-75H,3-17,19,21-68H2,1-2H3,(H,73,76)/b20-18-. The molecule has 2 atom stereocenters. The van der Waals surface area contributed by atoms with E-state index in [2.05, 4.69) is 31.3 Å². The van der Waals surface area contributed by atoms with Crippen LogP contribution in [0.4, 0.5) is 0 Å². The highest BCUT2D eigenvalue weighted by molar-refractivity contribution is 5.76. The van der Waals surface area contributed by atoms with Gasteiger partial charge in [-0.05, 0) is 51.4 Å². The monoisotopic (exact) mass is 1100 g/mol. The van der Waals surface area contributed by atoms with Gasteiger partial charge in [0.25, 0.3) is 0 Å². The molecule has 0 fully saturated rings. The second-order valence-corrected chi connectivity index (χ2v) is 24.9. The van der Waals surface area contributed by atoms with Gasteiger partial charge in [0.2, 0.25) is 5.91 Å². The fourth-order valence-corrected chi connectivity index (χ4v) is 11.6. The van der Waals surface area contributed by atoms with Crippen molar-refractivity contribution in [1.82, 2.24) is 5.32 Å². The lowest BCUT2D eigenvalue weighted by Crippen LogP contribution is -2.45. The van der Waals surface area contributed by atoms with E-state index in [1.807, 2.05) is 0 Å². The minimum Gasteiger partial charge on any atom is -0.466 e. The van der Waals surface area contributed by atoms with Crippen LogP contribution in [0.15, 0.2) is 12.2 Å². The zero-order chi connectivity index (χ0) is 56.4. The van der Waals surface area contributed by atoms with E-state index in [4.69, 9.17) is 4.74 Å². The number of unbranched alkanes of at least 4 members (excludes halogenated alkanes) is 55. The predicted octanol–water partition coefficient (Wildman–Crippen LogP) is 23.1. The summed E-state index contributed by atoms with van der Waals surface area (Å²) in [4.78, 5) is 24.6. The van der Waals surface area contributed by atoms with Crippen molar-refractivity contribution in [3.05, 3.63) is 12.2 Å². The minimum absolute atomic E-state index is 0.0124. The molecule has 6 heteroatoms. The summed E-state index contributed by atoms with van der Waals surface area (Å²) < 4.78 is 5.50. The lowest BCUT2D eigenvalue weighted by atomic mass is 10.0. The maximum atomic E-state index is 12.5. The molecule has 6 nitrogen and oxygen atoms in total. The smallest absolute Gasteiger partial charge is 0.305 e. The topological polar surface area (TPSA) is 95.9 Å². The molecule has 0 rings (SSSR count). The third kappa shape index (κ3) is 63.8. The first-order valence-corrected chi connectivity index (χ1v) is 35.9. The molecule has 3 N–H and O–H groups in total. The van der Waals surface area contributed by atoms with E-state index in [9.17, 15) is 19.8 Å². The van der Waals surface area contributed by atoms with Gasteiger partial charge in [-0.1, -0.05) is 360 Å². The lowest BCUT2D eigenvalue weighted by Gasteiger charge is -2.22. The maximum absolute atomic E-state index is 12.5. The molecule has 0 saturated heterocycles. The molecule has 464 valence electrons. The molecule has 0 spiro atoms. The predicted molar refractivity (Wildman–Crippen MR) is 343 cm³/mol. The van der Waals surface area contributed by atoms with Gasteiger partial charge >= 0.3 is 5.97 Å². The molecule has 1 amide bonds. The van der Waals surface area contributed by atoms with Crippen molar-refractivity contribution < 1.29 is 24.5 Å². The summed E-state index contributed by atoms with van der Waals surface area (Å²) in [6.07, 6.45) is 84.0. The molecule has 0 aromatic rings. The highest BCUT2D eigenvalue weighted by Crippen LogP contribution is 2.19. The fraction of sp³-hybridized carbons (Fsp3) is 0.944. The number of hydrogen-bond acceptors (Lipinski definition) is 5. The van der Waals surface area contributed by atoms with Crippen molar-refractivity contribution in [2.45, 2.75) is 424 Å². The van der Waals surface area contributed by atoms with Gasteiger partial charge in [-0.2, -0.15) is 0 Å². The fourth-order valence-electron chi connectivity index (χ4n) is 11.6. The third-order valence-corrected chi connectivity index (χ3v) is 17.1. The van der Waals surface area contributed by atoms with Crippen molar-refractivity contribution in [1.29, 1.82) is 0 Å². The van der Waals surface area contributed by atoms with Crippen molar-refractivity contribution in [3.63, 3.8) is 0 Å². The lowest BCUT2D eigenvalue weighted by molar-refractivity contribution is -0.143. The first-order valence-electron chi connectivity index (χ1n) is 35.9. The van der Waals surface area contributed by atoms with Gasteiger partial charge in [0.15, 0.2) is 0 Å². The number of aliphatic hydroxyl groups excluding tert-OH is 2. The van der Waals surface area contributed by atoms with Gasteiger partial charge in [-0.3, -0.25) is 9.59 Å². The van der Waals surface area contributed by atoms with Crippen LogP contribution in [0.25, 0.3) is 0 Å². The Labute approximate surface area is 489 Å². The molecule has 0 radical (unpaired) electrons. The molecular weight excluding hydrogens is 959 g/mol. The van der Waals surface area contributed by atoms with Gasteiger partial charge in [0, 0.05) is 12.8 Å². The van der Waals surface area contributed by atoms with Crippen LogP contribution in [0.2, 0.25) is 0 Å². The molecule has 0 aliphatic carbocycles. The molecule has 0 aliphatic rings. The first kappa shape index (κ1) is 76.6. The van der Waals surface area contributed by atoms with Crippen molar-refractivity contribution in [3.8, 4) is 0 Å². The molecule has 0 aromatic carbocycles. The minimum atomic E-state index is -0.665. The van der Waals surface area contributed by atoms with E-state index in [0.717, 1.165) is 44.9 Å². The van der Waals surface area contributed by atoms with E-state index in [1.165, 1.54) is 334 Å². The molecule has 78 heavy (non-hydrogen) atoms. The Balaban J connectivity index is 3.36. The zero-order valence-electron chi connectivity index (χ0n) is 53.2. The largest absolute Gasteiger partial charge is 0.466 e.